The predicted octanol–water partition coefficient (Wildman–Crippen LogP) is 7.18. The Bertz CT molecular complexity index is 1100. The second-order valence-corrected chi connectivity index (χ2v) is 8.93. The molecular weight excluding hydrogens is 400 g/mol. The van der Waals surface area contributed by atoms with Crippen molar-refractivity contribution >= 4 is 34.6 Å². The molecule has 1 aliphatic rings. The van der Waals surface area contributed by atoms with Crippen LogP contribution >= 0.6 is 11.8 Å². The highest BCUT2D eigenvalue weighted by Gasteiger charge is 2.37. The van der Waals surface area contributed by atoms with E-state index in [2.05, 4.69) is 57.2 Å². The monoisotopic (exact) mass is 426 g/mol. The molecule has 0 radical (unpaired) electrons. The van der Waals surface area contributed by atoms with Gasteiger partial charge in [0.2, 0.25) is 0 Å². The van der Waals surface area contributed by atoms with Crippen LogP contribution < -0.4 is 0 Å². The van der Waals surface area contributed by atoms with Crippen LogP contribution in [0.1, 0.15) is 49.4 Å². The molecule has 1 amide bonds. The van der Waals surface area contributed by atoms with Crippen LogP contribution in [0.25, 0.3) is 6.08 Å². The van der Waals surface area contributed by atoms with Gasteiger partial charge in [-0.3, -0.25) is 9.69 Å². The van der Waals surface area contributed by atoms with Gasteiger partial charge in [0.05, 0.1) is 16.6 Å². The minimum atomic E-state index is -0.113. The summed E-state index contributed by atoms with van der Waals surface area (Å²) in [5.74, 6) is 0.472. The molecule has 0 aromatic heterocycles. The topological polar surface area (TPSA) is 32.7 Å². The number of nitrogens with zero attached hydrogens (tertiary/aromatic N) is 2. The van der Waals surface area contributed by atoms with Crippen LogP contribution in [0.15, 0.2) is 94.8 Å². The van der Waals surface area contributed by atoms with E-state index in [1.807, 2.05) is 54.6 Å². The van der Waals surface area contributed by atoms with Gasteiger partial charge in [-0.1, -0.05) is 86.6 Å². The highest BCUT2D eigenvalue weighted by molar-refractivity contribution is 8.18. The van der Waals surface area contributed by atoms with Crippen molar-refractivity contribution in [2.45, 2.75) is 32.7 Å². The summed E-state index contributed by atoms with van der Waals surface area (Å²) in [7, 11) is 0. The van der Waals surface area contributed by atoms with Gasteiger partial charge < -0.3 is 0 Å². The third kappa shape index (κ3) is 4.80. The van der Waals surface area contributed by atoms with Crippen molar-refractivity contribution in [1.82, 2.24) is 4.90 Å². The molecule has 3 aromatic rings. The molecule has 3 aromatic carbocycles. The Kier molecular flexibility index (Phi) is 6.38. The molecule has 1 saturated heterocycles. The van der Waals surface area contributed by atoms with E-state index in [9.17, 15) is 4.79 Å². The molecule has 1 aliphatic heterocycles. The van der Waals surface area contributed by atoms with Gasteiger partial charge in [0, 0.05) is 0 Å². The number of amidine groups is 1. The molecule has 4 heteroatoms. The molecule has 156 valence electrons. The van der Waals surface area contributed by atoms with Crippen molar-refractivity contribution in [1.29, 1.82) is 0 Å². The summed E-state index contributed by atoms with van der Waals surface area (Å²) in [6.45, 7) is 6.41. The Hall–Kier alpha value is -3.11. The zero-order valence-electron chi connectivity index (χ0n) is 18.0. The number of carbonyl (C=O) groups excluding carboxylic acids is 1. The lowest BCUT2D eigenvalue weighted by molar-refractivity contribution is -0.123. The van der Waals surface area contributed by atoms with Crippen LogP contribution in [0.3, 0.4) is 0 Å². The second kappa shape index (κ2) is 9.36. The normalized spacial score (nSPS) is 17.7. The van der Waals surface area contributed by atoms with Gasteiger partial charge in [0.15, 0.2) is 5.17 Å². The van der Waals surface area contributed by atoms with Crippen LogP contribution in [0.5, 0.6) is 0 Å². The molecule has 1 heterocycles. The highest BCUT2D eigenvalue weighted by Crippen LogP contribution is 2.39. The fraction of sp³-hybridized carbons (Fsp3) is 0.185. The van der Waals surface area contributed by atoms with Crippen LogP contribution in [-0.2, 0) is 4.79 Å². The van der Waals surface area contributed by atoms with Crippen molar-refractivity contribution < 1.29 is 4.79 Å². The summed E-state index contributed by atoms with van der Waals surface area (Å²) in [4.78, 5) is 20.8. The van der Waals surface area contributed by atoms with Gasteiger partial charge in [0.25, 0.3) is 5.91 Å². The molecule has 3 nitrogen and oxygen atoms in total. The molecule has 0 bridgehead atoms. The van der Waals surface area contributed by atoms with E-state index in [0.717, 1.165) is 16.8 Å². The molecule has 0 unspecified atom stereocenters. The molecule has 31 heavy (non-hydrogen) atoms. The molecule has 0 saturated carbocycles. The minimum absolute atomic E-state index is 0.0102. The second-order valence-electron chi connectivity index (χ2n) is 7.92. The van der Waals surface area contributed by atoms with E-state index in [1.54, 1.807) is 4.90 Å². The first kappa shape index (κ1) is 21.1. The number of thioether (sulfide) groups is 1. The van der Waals surface area contributed by atoms with Crippen LogP contribution in [0.4, 0.5) is 5.69 Å². The van der Waals surface area contributed by atoms with E-state index < -0.39 is 0 Å². The zero-order valence-corrected chi connectivity index (χ0v) is 18.8. The maximum absolute atomic E-state index is 13.5. The van der Waals surface area contributed by atoms with Crippen LogP contribution in [0, 0.1) is 0 Å². The molecular formula is C27H26N2OS. The number of rotatable bonds is 5. The van der Waals surface area contributed by atoms with Gasteiger partial charge in [-0.15, -0.1) is 0 Å². The molecule has 0 N–H and O–H groups in total. The quantitative estimate of drug-likeness (QED) is 0.405. The first-order valence-corrected chi connectivity index (χ1v) is 11.4. The van der Waals surface area contributed by atoms with E-state index in [0.29, 0.717) is 16.0 Å². The minimum Gasteiger partial charge on any atom is -0.279 e. The molecule has 0 spiro atoms. The van der Waals surface area contributed by atoms with E-state index in [4.69, 9.17) is 4.99 Å². The summed E-state index contributed by atoms with van der Waals surface area (Å²) < 4.78 is 0. The average molecular weight is 427 g/mol. The number of benzene rings is 3. The Labute approximate surface area is 188 Å². The number of amides is 1. The van der Waals surface area contributed by atoms with E-state index >= 15 is 0 Å². The summed E-state index contributed by atoms with van der Waals surface area (Å²) in [6.07, 6.45) is 1.97. The van der Waals surface area contributed by atoms with E-state index in [-0.39, 0.29) is 11.9 Å². The summed E-state index contributed by atoms with van der Waals surface area (Å²) >= 11 is 1.44. The number of hydrogen-bond donors (Lipinski definition) is 0. The summed E-state index contributed by atoms with van der Waals surface area (Å²) in [5, 5.41) is 0.706. The van der Waals surface area contributed by atoms with Gasteiger partial charge in [0.1, 0.15) is 0 Å². The van der Waals surface area contributed by atoms with Gasteiger partial charge in [-0.05, 0) is 59.5 Å². The van der Waals surface area contributed by atoms with Crippen LogP contribution in [-0.4, -0.2) is 16.0 Å². The Morgan fingerprint density at radius 3 is 2.03 bits per heavy atom. The smallest absolute Gasteiger partial charge is 0.267 e. The number of para-hydroxylation sites is 1. The molecule has 0 aliphatic carbocycles. The molecule has 4 rings (SSSR count). The van der Waals surface area contributed by atoms with Crippen molar-refractivity contribution in [3.63, 3.8) is 0 Å². The van der Waals surface area contributed by atoms with Crippen molar-refractivity contribution in [3.8, 4) is 0 Å². The molecule has 1 atom stereocenters. The van der Waals surface area contributed by atoms with Gasteiger partial charge >= 0.3 is 0 Å². The van der Waals surface area contributed by atoms with Crippen LogP contribution in [0.2, 0.25) is 0 Å². The summed E-state index contributed by atoms with van der Waals surface area (Å²) in [5.41, 5.74) is 4.23. The van der Waals surface area contributed by atoms with Crippen molar-refractivity contribution in [2.24, 2.45) is 4.99 Å². The Morgan fingerprint density at radius 2 is 1.42 bits per heavy atom. The predicted molar refractivity (Wildman–Crippen MR) is 131 cm³/mol. The SMILES string of the molecule is CC(C)c1ccc(/C=C2/SC(=Nc3ccccc3)N([C@@H](C)c3ccccc3)C2=O)cc1. The maximum atomic E-state index is 13.5. The Morgan fingerprint density at radius 1 is 0.806 bits per heavy atom. The molecule has 1 fully saturated rings. The fourth-order valence-corrected chi connectivity index (χ4v) is 4.60. The third-order valence-electron chi connectivity index (χ3n) is 5.39. The standard InChI is InChI=1S/C27H26N2OS/c1-19(2)22-16-14-21(15-17-22)18-25-26(30)29(20(3)23-10-6-4-7-11-23)27(31-25)28-24-12-8-5-9-13-24/h4-20H,1-3H3/b25-18+,28-27?/t20-/m0/s1. The van der Waals surface area contributed by atoms with Crippen molar-refractivity contribution in [2.75, 3.05) is 0 Å². The third-order valence-corrected chi connectivity index (χ3v) is 6.37. The highest BCUT2D eigenvalue weighted by atomic mass is 32.2. The lowest BCUT2D eigenvalue weighted by Gasteiger charge is -2.24. The number of hydrogen-bond acceptors (Lipinski definition) is 3. The summed E-state index contributed by atoms with van der Waals surface area (Å²) in [6, 6.07) is 28.2. The lowest BCUT2D eigenvalue weighted by atomic mass is 10.0. The number of aliphatic imine (C=N–C) groups is 1. The zero-order chi connectivity index (χ0) is 21.8. The first-order chi connectivity index (χ1) is 15.0. The van der Waals surface area contributed by atoms with E-state index in [1.165, 1.54) is 17.3 Å². The van der Waals surface area contributed by atoms with Gasteiger partial charge in [-0.25, -0.2) is 4.99 Å². The maximum Gasteiger partial charge on any atom is 0.267 e. The van der Waals surface area contributed by atoms with Crippen molar-refractivity contribution in [3.05, 3.63) is 107 Å². The largest absolute Gasteiger partial charge is 0.279 e. The lowest BCUT2D eigenvalue weighted by Crippen LogP contribution is -2.32. The first-order valence-electron chi connectivity index (χ1n) is 10.5. The average Bonchev–Trinajstić information content (AvgIpc) is 3.09. The fourth-order valence-electron chi connectivity index (χ4n) is 3.53. The Balaban J connectivity index is 1.71. The van der Waals surface area contributed by atoms with Gasteiger partial charge in [-0.2, -0.15) is 0 Å². The number of carbonyl (C=O) groups is 1.